The van der Waals surface area contributed by atoms with Crippen molar-refractivity contribution in [1.82, 2.24) is 0 Å². The second-order valence-corrected chi connectivity index (χ2v) is 5.22. The Morgan fingerprint density at radius 1 is 1.18 bits per heavy atom. The van der Waals surface area contributed by atoms with E-state index in [1.165, 1.54) is 0 Å². The SMILES string of the molecule is CCCCCC(=O)C=CC=Cc1ccc(OCCC)c(O)c1. The van der Waals surface area contributed by atoms with Crippen LogP contribution in [0, 0.1) is 0 Å². The van der Waals surface area contributed by atoms with E-state index < -0.39 is 0 Å². The first-order chi connectivity index (χ1) is 10.7. The van der Waals surface area contributed by atoms with E-state index in [-0.39, 0.29) is 11.5 Å². The lowest BCUT2D eigenvalue weighted by Gasteiger charge is -2.06. The molecule has 1 aromatic rings. The van der Waals surface area contributed by atoms with E-state index in [1.807, 2.05) is 19.1 Å². The zero-order valence-electron chi connectivity index (χ0n) is 13.5. The fraction of sp³-hybridized carbons (Fsp3) is 0.421. The van der Waals surface area contributed by atoms with Crippen molar-refractivity contribution < 1.29 is 14.6 Å². The highest BCUT2D eigenvalue weighted by atomic mass is 16.5. The van der Waals surface area contributed by atoms with Crippen molar-refractivity contribution in [3.05, 3.63) is 42.0 Å². The normalized spacial score (nSPS) is 11.4. The number of allylic oxidation sites excluding steroid dienone is 3. The minimum atomic E-state index is 0.134. The van der Waals surface area contributed by atoms with Gasteiger partial charge in [0.25, 0.3) is 0 Å². The molecule has 3 nitrogen and oxygen atoms in total. The first-order valence-corrected chi connectivity index (χ1v) is 8.00. The van der Waals surface area contributed by atoms with Gasteiger partial charge in [0, 0.05) is 6.42 Å². The predicted octanol–water partition coefficient (Wildman–Crippen LogP) is 4.90. The van der Waals surface area contributed by atoms with Gasteiger partial charge in [0.1, 0.15) is 0 Å². The molecule has 120 valence electrons. The van der Waals surface area contributed by atoms with Gasteiger partial charge in [0.2, 0.25) is 0 Å². The topological polar surface area (TPSA) is 46.5 Å². The van der Waals surface area contributed by atoms with E-state index in [2.05, 4.69) is 6.92 Å². The standard InChI is InChI=1S/C19H26O3/c1-3-5-6-10-17(20)11-8-7-9-16-12-13-19(18(21)15-16)22-14-4-2/h7-9,11-13,15,21H,3-6,10,14H2,1-2H3. The van der Waals surface area contributed by atoms with Crippen LogP contribution in [0.2, 0.25) is 0 Å². The van der Waals surface area contributed by atoms with Crippen LogP contribution in [0.5, 0.6) is 11.5 Å². The largest absolute Gasteiger partial charge is 0.504 e. The Kier molecular flexibility index (Phi) is 8.73. The van der Waals surface area contributed by atoms with Gasteiger partial charge in [-0.15, -0.1) is 0 Å². The molecule has 0 spiro atoms. The number of hydrogen-bond acceptors (Lipinski definition) is 3. The number of phenols is 1. The van der Waals surface area contributed by atoms with Crippen LogP contribution in [-0.4, -0.2) is 17.5 Å². The van der Waals surface area contributed by atoms with Crippen LogP contribution < -0.4 is 4.74 Å². The van der Waals surface area contributed by atoms with Crippen LogP contribution in [0.4, 0.5) is 0 Å². The summed E-state index contributed by atoms with van der Waals surface area (Å²) in [4.78, 5) is 11.6. The number of aromatic hydroxyl groups is 1. The van der Waals surface area contributed by atoms with Crippen LogP contribution in [0.25, 0.3) is 6.08 Å². The number of rotatable bonds is 10. The summed E-state index contributed by atoms with van der Waals surface area (Å²) in [5.74, 6) is 0.792. The number of ether oxygens (including phenoxy) is 1. The second-order valence-electron chi connectivity index (χ2n) is 5.22. The Morgan fingerprint density at radius 3 is 2.68 bits per heavy atom. The third-order valence-corrected chi connectivity index (χ3v) is 3.15. The smallest absolute Gasteiger partial charge is 0.160 e. The van der Waals surface area contributed by atoms with Crippen molar-refractivity contribution in [3.63, 3.8) is 0 Å². The van der Waals surface area contributed by atoms with E-state index in [0.717, 1.165) is 31.2 Å². The highest BCUT2D eigenvalue weighted by molar-refractivity contribution is 5.89. The van der Waals surface area contributed by atoms with Crippen LogP contribution >= 0.6 is 0 Å². The Balaban J connectivity index is 2.49. The lowest BCUT2D eigenvalue weighted by Crippen LogP contribution is -1.95. The van der Waals surface area contributed by atoms with Crippen molar-refractivity contribution in [1.29, 1.82) is 0 Å². The molecule has 0 amide bonds. The molecule has 22 heavy (non-hydrogen) atoms. The predicted molar refractivity (Wildman–Crippen MR) is 91.2 cm³/mol. The summed E-state index contributed by atoms with van der Waals surface area (Å²) >= 11 is 0. The fourth-order valence-corrected chi connectivity index (χ4v) is 1.93. The van der Waals surface area contributed by atoms with Gasteiger partial charge in [0.15, 0.2) is 17.3 Å². The Bertz CT molecular complexity index is 515. The Hall–Kier alpha value is -2.03. The minimum absolute atomic E-state index is 0.134. The molecule has 0 atom stereocenters. The molecule has 0 unspecified atom stereocenters. The van der Waals surface area contributed by atoms with Crippen molar-refractivity contribution in [2.24, 2.45) is 0 Å². The van der Waals surface area contributed by atoms with Gasteiger partial charge in [-0.3, -0.25) is 4.79 Å². The van der Waals surface area contributed by atoms with Crippen molar-refractivity contribution >= 4 is 11.9 Å². The van der Waals surface area contributed by atoms with Crippen molar-refractivity contribution in [2.75, 3.05) is 6.61 Å². The summed E-state index contributed by atoms with van der Waals surface area (Å²) in [5.41, 5.74) is 0.865. The summed E-state index contributed by atoms with van der Waals surface area (Å²) in [5, 5.41) is 9.85. The zero-order valence-corrected chi connectivity index (χ0v) is 13.5. The van der Waals surface area contributed by atoms with Gasteiger partial charge in [-0.25, -0.2) is 0 Å². The molecule has 0 saturated carbocycles. The molecule has 0 aliphatic heterocycles. The highest BCUT2D eigenvalue weighted by Gasteiger charge is 2.01. The molecule has 1 rings (SSSR count). The van der Waals surface area contributed by atoms with Gasteiger partial charge in [0.05, 0.1) is 6.61 Å². The number of carbonyl (C=O) groups is 1. The van der Waals surface area contributed by atoms with Gasteiger partial charge in [-0.1, -0.05) is 51.0 Å². The third-order valence-electron chi connectivity index (χ3n) is 3.15. The zero-order chi connectivity index (χ0) is 16.2. The summed E-state index contributed by atoms with van der Waals surface area (Å²) < 4.78 is 5.41. The second kappa shape index (κ2) is 10.7. The molecule has 1 N–H and O–H groups in total. The number of phenolic OH excluding ortho intramolecular Hbond substituents is 1. The van der Waals surface area contributed by atoms with E-state index in [0.29, 0.717) is 18.8 Å². The monoisotopic (exact) mass is 302 g/mol. The van der Waals surface area contributed by atoms with E-state index in [1.54, 1.807) is 30.4 Å². The summed E-state index contributed by atoms with van der Waals surface area (Å²) in [7, 11) is 0. The Morgan fingerprint density at radius 2 is 2.00 bits per heavy atom. The quantitative estimate of drug-likeness (QED) is 0.380. The first-order valence-electron chi connectivity index (χ1n) is 8.00. The van der Waals surface area contributed by atoms with Crippen LogP contribution in [0.3, 0.4) is 0 Å². The lowest BCUT2D eigenvalue weighted by molar-refractivity contribution is -0.114. The Labute approximate surface area is 133 Å². The number of benzene rings is 1. The van der Waals surface area contributed by atoms with Gasteiger partial charge >= 0.3 is 0 Å². The molecule has 0 aliphatic carbocycles. The number of hydrogen-bond donors (Lipinski definition) is 1. The van der Waals surface area contributed by atoms with Crippen molar-refractivity contribution in [3.8, 4) is 11.5 Å². The maximum absolute atomic E-state index is 11.6. The molecule has 0 radical (unpaired) electrons. The number of ketones is 1. The van der Waals surface area contributed by atoms with Crippen LogP contribution in [0.15, 0.2) is 36.4 Å². The third kappa shape index (κ3) is 7.11. The van der Waals surface area contributed by atoms with Crippen molar-refractivity contribution in [2.45, 2.75) is 46.0 Å². The van der Waals surface area contributed by atoms with E-state index in [9.17, 15) is 9.90 Å². The minimum Gasteiger partial charge on any atom is -0.504 e. The highest BCUT2D eigenvalue weighted by Crippen LogP contribution is 2.27. The van der Waals surface area contributed by atoms with E-state index >= 15 is 0 Å². The van der Waals surface area contributed by atoms with Gasteiger partial charge < -0.3 is 9.84 Å². The summed E-state index contributed by atoms with van der Waals surface area (Å²) in [6, 6.07) is 5.28. The molecule has 0 fully saturated rings. The molecule has 0 heterocycles. The molecule has 0 aliphatic rings. The molecule has 0 saturated heterocycles. The van der Waals surface area contributed by atoms with E-state index in [4.69, 9.17) is 4.74 Å². The molecular formula is C19H26O3. The maximum atomic E-state index is 11.6. The average molecular weight is 302 g/mol. The molecule has 0 bridgehead atoms. The number of carbonyl (C=O) groups excluding carboxylic acids is 1. The van der Waals surface area contributed by atoms with Crippen LogP contribution in [0.1, 0.15) is 51.5 Å². The molecule has 0 aromatic heterocycles. The molecular weight excluding hydrogens is 276 g/mol. The van der Waals surface area contributed by atoms with Gasteiger partial charge in [-0.05, 0) is 36.6 Å². The first kappa shape index (κ1) is 18.0. The lowest BCUT2D eigenvalue weighted by atomic mass is 10.1. The maximum Gasteiger partial charge on any atom is 0.160 e. The van der Waals surface area contributed by atoms with Crippen LogP contribution in [-0.2, 0) is 4.79 Å². The fourth-order valence-electron chi connectivity index (χ4n) is 1.93. The average Bonchev–Trinajstić information content (AvgIpc) is 2.51. The summed E-state index contributed by atoms with van der Waals surface area (Å²) in [6.45, 7) is 4.73. The summed E-state index contributed by atoms with van der Waals surface area (Å²) in [6.07, 6.45) is 11.7. The number of unbranched alkanes of at least 4 members (excludes halogenated alkanes) is 2. The molecule has 1 aromatic carbocycles. The van der Waals surface area contributed by atoms with Gasteiger partial charge in [-0.2, -0.15) is 0 Å². The molecule has 3 heteroatoms.